The summed E-state index contributed by atoms with van der Waals surface area (Å²) in [6.07, 6.45) is 4.62. The first-order valence-electron chi connectivity index (χ1n) is 2.20. The Morgan fingerprint density at radius 2 is 2.50 bits per heavy atom. The molecule has 0 aromatic carbocycles. The van der Waals surface area contributed by atoms with Crippen LogP contribution >= 0.6 is 20.7 Å². The molecule has 0 atom stereocenters. The van der Waals surface area contributed by atoms with E-state index in [1.54, 1.807) is 0 Å². The fourth-order valence-electron chi connectivity index (χ4n) is 0.394. The third-order valence-corrected chi connectivity index (χ3v) is 2.34. The van der Waals surface area contributed by atoms with Crippen molar-refractivity contribution in [2.45, 2.75) is 0 Å². The standard InChI is InChI=1S/C6H5IO/c8-5-6-1-3-7-4-2-6/h1-5H. The average Bonchev–Trinajstić information content (AvgIpc) is 1.90. The van der Waals surface area contributed by atoms with Crippen LogP contribution in [0.4, 0.5) is 0 Å². The largest absolute Gasteiger partial charge is 0.298 e. The number of hydrogen-bond donors (Lipinski definition) is 0. The summed E-state index contributed by atoms with van der Waals surface area (Å²) in [6, 6.07) is 0. The number of rotatable bonds is 1. The number of hydrogen-bond acceptors (Lipinski definition) is 1. The summed E-state index contributed by atoms with van der Waals surface area (Å²) < 4.78 is 4.14. The SMILES string of the molecule is O=CC1=CC=IC=C1. The Morgan fingerprint density at radius 1 is 1.62 bits per heavy atom. The molecule has 0 bridgehead atoms. The summed E-state index contributed by atoms with van der Waals surface area (Å²) in [5, 5.41) is 0. The number of allylic oxidation sites excluding steroid dienone is 3. The van der Waals surface area contributed by atoms with E-state index in [0.29, 0.717) is 0 Å². The highest BCUT2D eigenvalue weighted by atomic mass is 127. The molecule has 42 valence electrons. The van der Waals surface area contributed by atoms with Crippen molar-refractivity contribution in [2.24, 2.45) is 0 Å². The first-order valence-corrected chi connectivity index (χ1v) is 4.70. The quantitative estimate of drug-likeness (QED) is 0.482. The first-order chi connectivity index (χ1) is 3.93. The van der Waals surface area contributed by atoms with Gasteiger partial charge < -0.3 is 0 Å². The van der Waals surface area contributed by atoms with Crippen LogP contribution in [0.3, 0.4) is 0 Å². The van der Waals surface area contributed by atoms with Crippen molar-refractivity contribution < 1.29 is 4.79 Å². The van der Waals surface area contributed by atoms with Gasteiger partial charge in [0.2, 0.25) is 0 Å². The molecule has 2 heteroatoms. The van der Waals surface area contributed by atoms with Crippen LogP contribution in [0.1, 0.15) is 0 Å². The van der Waals surface area contributed by atoms with Crippen molar-refractivity contribution in [3.8, 4) is 0 Å². The Labute approximate surface area is 57.8 Å². The number of aldehydes is 1. The lowest BCUT2D eigenvalue weighted by atomic mass is 10.3. The molecule has 0 unspecified atom stereocenters. The highest BCUT2D eigenvalue weighted by molar-refractivity contribution is 14.2. The van der Waals surface area contributed by atoms with Crippen molar-refractivity contribution >= 4 is 31.0 Å². The second-order valence-corrected chi connectivity index (χ2v) is 3.49. The highest BCUT2D eigenvalue weighted by Crippen LogP contribution is 2.06. The van der Waals surface area contributed by atoms with E-state index in [-0.39, 0.29) is 20.7 Å². The first kappa shape index (κ1) is 5.88. The summed E-state index contributed by atoms with van der Waals surface area (Å²) in [5.74, 6) is 0. The van der Waals surface area contributed by atoms with Gasteiger partial charge in [0.05, 0.1) is 0 Å². The van der Waals surface area contributed by atoms with E-state index < -0.39 is 0 Å². The molecule has 0 amide bonds. The maximum absolute atomic E-state index is 10.0. The van der Waals surface area contributed by atoms with Crippen LogP contribution in [-0.2, 0) is 4.79 Å². The number of halogens is 1. The van der Waals surface area contributed by atoms with Crippen LogP contribution in [0.2, 0.25) is 0 Å². The summed E-state index contributed by atoms with van der Waals surface area (Å²) >= 11 is 0.141. The zero-order valence-corrected chi connectivity index (χ0v) is 6.33. The van der Waals surface area contributed by atoms with Crippen LogP contribution in [0, 0.1) is 0 Å². The Bertz CT molecular complexity index is 177. The molecule has 1 heterocycles. The second kappa shape index (κ2) is 2.91. The van der Waals surface area contributed by atoms with Crippen molar-refractivity contribution in [1.82, 2.24) is 0 Å². The van der Waals surface area contributed by atoms with E-state index in [1.165, 1.54) is 0 Å². The molecule has 0 N–H and O–H groups in total. The zero-order valence-electron chi connectivity index (χ0n) is 4.17. The van der Waals surface area contributed by atoms with Crippen LogP contribution in [-0.4, -0.2) is 10.3 Å². The van der Waals surface area contributed by atoms with Gasteiger partial charge in [0.25, 0.3) is 0 Å². The maximum Gasteiger partial charge on any atom is 0.150 e. The van der Waals surface area contributed by atoms with Crippen LogP contribution in [0.5, 0.6) is 0 Å². The van der Waals surface area contributed by atoms with Crippen molar-refractivity contribution in [3.63, 3.8) is 0 Å². The summed E-state index contributed by atoms with van der Waals surface area (Å²) in [4.78, 5) is 10.0. The normalized spacial score (nSPS) is 16.8. The van der Waals surface area contributed by atoms with E-state index in [2.05, 4.69) is 8.09 Å². The van der Waals surface area contributed by atoms with Gasteiger partial charge in [-0.05, 0) is 20.2 Å². The van der Waals surface area contributed by atoms with Crippen LogP contribution < -0.4 is 0 Å². The van der Waals surface area contributed by atoms with Gasteiger partial charge in [-0.15, -0.1) is 0 Å². The molecule has 0 aromatic rings. The topological polar surface area (TPSA) is 17.1 Å². The molecule has 1 rings (SSSR count). The van der Waals surface area contributed by atoms with Crippen LogP contribution in [0.15, 0.2) is 21.8 Å². The molecular weight excluding hydrogens is 215 g/mol. The van der Waals surface area contributed by atoms with Gasteiger partial charge in [-0.1, -0.05) is 20.7 Å². The minimum atomic E-state index is 0.141. The molecule has 1 aliphatic rings. The second-order valence-electron chi connectivity index (χ2n) is 1.33. The third-order valence-electron chi connectivity index (χ3n) is 0.792. The molecule has 0 spiro atoms. The molecule has 0 fully saturated rings. The molecule has 0 radical (unpaired) electrons. The predicted molar refractivity (Wildman–Crippen MR) is 43.4 cm³/mol. The van der Waals surface area contributed by atoms with E-state index in [4.69, 9.17) is 0 Å². The van der Waals surface area contributed by atoms with Crippen molar-refractivity contribution in [3.05, 3.63) is 21.8 Å². The fourth-order valence-corrected chi connectivity index (χ4v) is 1.88. The minimum absolute atomic E-state index is 0.141. The van der Waals surface area contributed by atoms with Crippen LogP contribution in [0.25, 0.3) is 0 Å². The molecule has 0 aromatic heterocycles. The monoisotopic (exact) mass is 220 g/mol. The van der Waals surface area contributed by atoms with Crippen molar-refractivity contribution in [1.29, 1.82) is 0 Å². The molecular formula is C6H5IO. The Morgan fingerprint density at radius 3 is 2.88 bits per heavy atom. The molecule has 0 saturated heterocycles. The fraction of sp³-hybridized carbons (Fsp3) is 0. The lowest BCUT2D eigenvalue weighted by Crippen LogP contribution is -1.79. The van der Waals surface area contributed by atoms with Gasteiger partial charge in [0.1, 0.15) is 6.29 Å². The van der Waals surface area contributed by atoms with E-state index in [0.717, 1.165) is 11.9 Å². The van der Waals surface area contributed by atoms with Gasteiger partial charge in [-0.25, -0.2) is 0 Å². The van der Waals surface area contributed by atoms with Gasteiger partial charge in [0.15, 0.2) is 0 Å². The smallest absolute Gasteiger partial charge is 0.150 e. The zero-order chi connectivity index (χ0) is 5.82. The summed E-state index contributed by atoms with van der Waals surface area (Å²) in [5.41, 5.74) is 0.788. The van der Waals surface area contributed by atoms with Gasteiger partial charge in [0, 0.05) is 5.57 Å². The molecule has 1 aliphatic heterocycles. The van der Waals surface area contributed by atoms with E-state index >= 15 is 0 Å². The molecule has 0 saturated carbocycles. The molecule has 1 nitrogen and oxygen atoms in total. The number of carbonyl (C=O) groups excluding carboxylic acids is 1. The van der Waals surface area contributed by atoms with Gasteiger partial charge >= 0.3 is 0 Å². The summed E-state index contributed by atoms with van der Waals surface area (Å²) in [7, 11) is 0. The lowest BCUT2D eigenvalue weighted by Gasteiger charge is -1.87. The summed E-state index contributed by atoms with van der Waals surface area (Å²) in [6.45, 7) is 0. The Hall–Kier alpha value is -0.250. The molecule has 0 aliphatic carbocycles. The third kappa shape index (κ3) is 1.36. The Kier molecular flexibility index (Phi) is 2.14. The lowest BCUT2D eigenvalue weighted by molar-refractivity contribution is -0.104. The number of carbonyl (C=O) groups is 1. The predicted octanol–water partition coefficient (Wildman–Crippen LogP) is 1.41. The van der Waals surface area contributed by atoms with E-state index in [9.17, 15) is 4.79 Å². The minimum Gasteiger partial charge on any atom is -0.298 e. The molecule has 8 heavy (non-hydrogen) atoms. The van der Waals surface area contributed by atoms with E-state index in [1.807, 2.05) is 12.2 Å². The van der Waals surface area contributed by atoms with Crippen molar-refractivity contribution in [2.75, 3.05) is 0 Å². The maximum atomic E-state index is 10.0. The Balaban J connectivity index is 2.82. The van der Waals surface area contributed by atoms with Gasteiger partial charge in [-0.3, -0.25) is 4.79 Å². The van der Waals surface area contributed by atoms with Gasteiger partial charge in [-0.2, -0.15) is 0 Å². The average molecular weight is 220 g/mol. The highest BCUT2D eigenvalue weighted by Gasteiger charge is 1.86.